The predicted octanol–water partition coefficient (Wildman–Crippen LogP) is 2.19. The Morgan fingerprint density at radius 2 is 1.95 bits per heavy atom. The van der Waals surface area contributed by atoms with Crippen molar-refractivity contribution in [2.45, 2.75) is 0 Å². The fraction of sp³-hybridized carbons (Fsp3) is 0.154. The van der Waals surface area contributed by atoms with Crippen molar-refractivity contribution in [2.24, 2.45) is 7.05 Å². The number of rotatable bonds is 3. The molecule has 0 atom stereocenters. The number of carbonyl (C=O) groups is 2. The first-order valence-electron chi connectivity index (χ1n) is 5.62. The molecule has 2 rings (SSSR count). The van der Waals surface area contributed by atoms with Crippen LogP contribution in [-0.2, 0) is 11.8 Å². The molecule has 1 heterocycles. The lowest BCUT2D eigenvalue weighted by molar-refractivity contribution is 0.0587. The third kappa shape index (κ3) is 2.88. The summed E-state index contributed by atoms with van der Waals surface area (Å²) < 4.78 is 11.6. The van der Waals surface area contributed by atoms with Gasteiger partial charge in [-0.05, 0) is 28.1 Å². The molecule has 0 fully saturated rings. The zero-order valence-electron chi connectivity index (χ0n) is 10.8. The lowest BCUT2D eigenvalue weighted by Crippen LogP contribution is -2.09. The van der Waals surface area contributed by atoms with Gasteiger partial charge in [0.15, 0.2) is 0 Å². The van der Waals surface area contributed by atoms with E-state index in [4.69, 9.17) is 4.74 Å². The van der Waals surface area contributed by atoms with E-state index in [-0.39, 0.29) is 11.6 Å². The van der Waals surface area contributed by atoms with Gasteiger partial charge in [-0.15, -0.1) is 5.10 Å². The van der Waals surface area contributed by atoms with Gasteiger partial charge in [-0.2, -0.15) is 0 Å². The van der Waals surface area contributed by atoms with E-state index in [1.54, 1.807) is 31.3 Å². The van der Waals surface area contributed by atoms with Crippen LogP contribution in [0.15, 0.2) is 34.8 Å². The molecule has 2 aromatic rings. The number of esters is 2. The van der Waals surface area contributed by atoms with Gasteiger partial charge in [0, 0.05) is 17.6 Å². The SMILES string of the molecule is COC(=O)c1cc(OC(=O)c2ccccc2Br)nn1C. The molecule has 0 unspecified atom stereocenters. The van der Waals surface area contributed by atoms with Crippen molar-refractivity contribution < 1.29 is 19.1 Å². The summed E-state index contributed by atoms with van der Waals surface area (Å²) >= 11 is 3.26. The van der Waals surface area contributed by atoms with Crippen LogP contribution in [0, 0.1) is 0 Å². The molecule has 0 amide bonds. The van der Waals surface area contributed by atoms with Crippen molar-refractivity contribution in [3.05, 3.63) is 46.1 Å². The van der Waals surface area contributed by atoms with E-state index in [1.807, 2.05) is 0 Å². The monoisotopic (exact) mass is 338 g/mol. The van der Waals surface area contributed by atoms with Crippen LogP contribution in [0.3, 0.4) is 0 Å². The van der Waals surface area contributed by atoms with E-state index >= 15 is 0 Å². The Hall–Kier alpha value is -2.15. The van der Waals surface area contributed by atoms with E-state index in [2.05, 4.69) is 25.8 Å². The number of nitrogens with zero attached hydrogens (tertiary/aromatic N) is 2. The number of carbonyl (C=O) groups excluding carboxylic acids is 2. The fourth-order valence-corrected chi connectivity index (χ4v) is 2.01. The van der Waals surface area contributed by atoms with Gasteiger partial charge in [-0.25, -0.2) is 9.59 Å². The summed E-state index contributed by atoms with van der Waals surface area (Å²) in [6.45, 7) is 0. The molecular weight excluding hydrogens is 328 g/mol. The van der Waals surface area contributed by atoms with Gasteiger partial charge < -0.3 is 9.47 Å². The number of aromatic nitrogens is 2. The van der Waals surface area contributed by atoms with E-state index in [9.17, 15) is 9.59 Å². The Bertz CT molecular complexity index is 666. The lowest BCUT2D eigenvalue weighted by Gasteiger charge is -2.02. The second kappa shape index (κ2) is 5.87. The molecule has 0 saturated heterocycles. The maximum atomic E-state index is 12.0. The molecule has 0 radical (unpaired) electrons. The van der Waals surface area contributed by atoms with Crippen LogP contribution in [0.25, 0.3) is 0 Å². The van der Waals surface area contributed by atoms with Gasteiger partial charge >= 0.3 is 11.9 Å². The molecule has 0 aliphatic rings. The number of benzene rings is 1. The minimum atomic E-state index is -0.563. The van der Waals surface area contributed by atoms with Crippen molar-refractivity contribution >= 4 is 27.9 Å². The van der Waals surface area contributed by atoms with Crippen LogP contribution in [-0.4, -0.2) is 28.8 Å². The predicted molar refractivity (Wildman–Crippen MR) is 73.6 cm³/mol. The van der Waals surface area contributed by atoms with E-state index in [0.717, 1.165) is 0 Å². The number of hydrogen-bond acceptors (Lipinski definition) is 5. The van der Waals surface area contributed by atoms with Crippen LogP contribution in [0.5, 0.6) is 5.88 Å². The highest BCUT2D eigenvalue weighted by Crippen LogP contribution is 2.19. The lowest BCUT2D eigenvalue weighted by atomic mass is 10.2. The molecule has 0 spiro atoms. The second-order valence-corrected chi connectivity index (χ2v) is 4.71. The molecule has 0 aliphatic heterocycles. The topological polar surface area (TPSA) is 70.4 Å². The van der Waals surface area contributed by atoms with Crippen molar-refractivity contribution in [3.8, 4) is 5.88 Å². The molecule has 0 aliphatic carbocycles. The van der Waals surface area contributed by atoms with Gasteiger partial charge in [0.05, 0.1) is 12.7 Å². The van der Waals surface area contributed by atoms with Crippen LogP contribution in [0.2, 0.25) is 0 Å². The normalized spacial score (nSPS) is 10.2. The molecule has 6 nitrogen and oxygen atoms in total. The van der Waals surface area contributed by atoms with Crippen molar-refractivity contribution in [1.29, 1.82) is 0 Å². The van der Waals surface area contributed by atoms with E-state index in [0.29, 0.717) is 10.0 Å². The van der Waals surface area contributed by atoms with E-state index in [1.165, 1.54) is 17.9 Å². The standard InChI is InChI=1S/C13H11BrN2O4/c1-16-10(13(18)19-2)7-11(15-16)20-12(17)8-5-3-4-6-9(8)14/h3-7H,1-2H3. The van der Waals surface area contributed by atoms with Gasteiger partial charge in [-0.1, -0.05) is 12.1 Å². The summed E-state index contributed by atoms with van der Waals surface area (Å²) in [6.07, 6.45) is 0. The Morgan fingerprint density at radius 3 is 2.60 bits per heavy atom. The molecule has 0 N–H and O–H groups in total. The van der Waals surface area contributed by atoms with Crippen LogP contribution >= 0.6 is 15.9 Å². The Kier molecular flexibility index (Phi) is 4.19. The second-order valence-electron chi connectivity index (χ2n) is 3.85. The molecule has 0 bridgehead atoms. The van der Waals surface area contributed by atoms with Crippen LogP contribution in [0.1, 0.15) is 20.8 Å². The van der Waals surface area contributed by atoms with Gasteiger partial charge in [0.2, 0.25) is 5.88 Å². The summed E-state index contributed by atoms with van der Waals surface area (Å²) in [7, 11) is 2.82. The quantitative estimate of drug-likeness (QED) is 0.802. The van der Waals surface area contributed by atoms with Crippen molar-refractivity contribution in [2.75, 3.05) is 7.11 Å². The fourth-order valence-electron chi connectivity index (χ4n) is 1.56. The third-order valence-electron chi connectivity index (χ3n) is 2.54. The summed E-state index contributed by atoms with van der Waals surface area (Å²) in [5.74, 6) is -1.08. The zero-order valence-corrected chi connectivity index (χ0v) is 12.4. The molecule has 1 aromatic carbocycles. The number of hydrogen-bond donors (Lipinski definition) is 0. The number of ether oxygens (including phenoxy) is 2. The first-order valence-corrected chi connectivity index (χ1v) is 6.41. The van der Waals surface area contributed by atoms with Gasteiger partial charge in [0.1, 0.15) is 5.69 Å². The third-order valence-corrected chi connectivity index (χ3v) is 3.23. The molecule has 7 heteroatoms. The van der Waals surface area contributed by atoms with Gasteiger partial charge in [0.25, 0.3) is 0 Å². The average molecular weight is 339 g/mol. The molecule has 104 valence electrons. The Morgan fingerprint density at radius 1 is 1.25 bits per heavy atom. The molecule has 0 saturated carbocycles. The summed E-state index contributed by atoms with van der Waals surface area (Å²) in [6, 6.07) is 8.21. The summed E-state index contributed by atoms with van der Waals surface area (Å²) in [5.41, 5.74) is 0.570. The number of aryl methyl sites for hydroxylation is 1. The Balaban J connectivity index is 2.21. The van der Waals surface area contributed by atoms with Crippen LogP contribution in [0.4, 0.5) is 0 Å². The first-order chi connectivity index (χ1) is 9.52. The molecule has 1 aromatic heterocycles. The summed E-state index contributed by atoms with van der Waals surface area (Å²) in [5, 5.41) is 3.93. The van der Waals surface area contributed by atoms with Crippen molar-refractivity contribution in [1.82, 2.24) is 9.78 Å². The zero-order chi connectivity index (χ0) is 14.7. The maximum absolute atomic E-state index is 12.0. The molecular formula is C13H11BrN2O4. The van der Waals surface area contributed by atoms with Crippen molar-refractivity contribution in [3.63, 3.8) is 0 Å². The first kappa shape index (κ1) is 14.3. The minimum Gasteiger partial charge on any atom is -0.464 e. The highest BCUT2D eigenvalue weighted by atomic mass is 79.9. The molecule has 20 heavy (non-hydrogen) atoms. The van der Waals surface area contributed by atoms with E-state index < -0.39 is 11.9 Å². The average Bonchev–Trinajstić information content (AvgIpc) is 2.79. The number of methoxy groups -OCH3 is 1. The largest absolute Gasteiger partial charge is 0.464 e. The van der Waals surface area contributed by atoms with Gasteiger partial charge in [-0.3, -0.25) is 4.68 Å². The Labute approximate surface area is 123 Å². The van der Waals surface area contributed by atoms with Crippen LogP contribution < -0.4 is 4.74 Å². The maximum Gasteiger partial charge on any atom is 0.356 e. The highest BCUT2D eigenvalue weighted by Gasteiger charge is 2.18. The number of halogens is 1. The highest BCUT2D eigenvalue weighted by molar-refractivity contribution is 9.10. The summed E-state index contributed by atoms with van der Waals surface area (Å²) in [4.78, 5) is 23.4. The smallest absolute Gasteiger partial charge is 0.356 e. The minimum absolute atomic E-state index is 0.0358.